The van der Waals surface area contributed by atoms with Crippen LogP contribution in [0.3, 0.4) is 0 Å². The van der Waals surface area contributed by atoms with Crippen LogP contribution in [-0.2, 0) is 4.79 Å². The third kappa shape index (κ3) is 7.85. The Labute approximate surface area is 124 Å². The van der Waals surface area contributed by atoms with Gasteiger partial charge in [0.25, 0.3) is 0 Å². The quantitative estimate of drug-likeness (QED) is 0.530. The molecule has 0 atom stereocenters. The van der Waals surface area contributed by atoms with Crippen LogP contribution in [0.15, 0.2) is 0 Å². The third-order valence-corrected chi connectivity index (χ3v) is 4.25. The van der Waals surface area contributed by atoms with Gasteiger partial charge in [0.1, 0.15) is 0 Å². The maximum atomic E-state index is 11.8. The first-order valence-electron chi connectivity index (χ1n) is 8.30. The number of nitrogens with zero attached hydrogens (tertiary/aromatic N) is 1. The maximum absolute atomic E-state index is 11.8. The van der Waals surface area contributed by atoms with Gasteiger partial charge in [-0.2, -0.15) is 0 Å². The van der Waals surface area contributed by atoms with Crippen molar-refractivity contribution in [1.82, 2.24) is 15.5 Å². The van der Waals surface area contributed by atoms with E-state index in [1.807, 2.05) is 0 Å². The van der Waals surface area contributed by atoms with Crippen LogP contribution in [-0.4, -0.2) is 49.6 Å². The molecule has 0 spiro atoms. The summed E-state index contributed by atoms with van der Waals surface area (Å²) in [5.74, 6) is 0.161. The van der Waals surface area contributed by atoms with Gasteiger partial charge in [-0.15, -0.1) is 0 Å². The lowest BCUT2D eigenvalue weighted by atomic mass is 10.1. The van der Waals surface area contributed by atoms with E-state index < -0.39 is 0 Å². The van der Waals surface area contributed by atoms with Crippen LogP contribution in [0.1, 0.15) is 58.8 Å². The van der Waals surface area contributed by atoms with E-state index in [0.29, 0.717) is 18.6 Å². The van der Waals surface area contributed by atoms with E-state index in [-0.39, 0.29) is 5.91 Å². The van der Waals surface area contributed by atoms with Gasteiger partial charge in [-0.05, 0) is 53.2 Å². The number of nitrogens with one attached hydrogen (secondary N) is 2. The second kappa shape index (κ2) is 10.2. The molecular weight excluding hydrogens is 250 g/mol. The topological polar surface area (TPSA) is 44.4 Å². The number of carbonyl (C=O) groups is 1. The van der Waals surface area contributed by atoms with Gasteiger partial charge in [0.05, 0.1) is 6.54 Å². The van der Waals surface area contributed by atoms with Gasteiger partial charge >= 0.3 is 0 Å². The van der Waals surface area contributed by atoms with Crippen molar-refractivity contribution in [2.45, 2.75) is 70.9 Å². The first kappa shape index (κ1) is 17.4. The minimum Gasteiger partial charge on any atom is -0.352 e. The maximum Gasteiger partial charge on any atom is 0.234 e. The molecule has 0 saturated heterocycles. The zero-order chi connectivity index (χ0) is 14.8. The van der Waals surface area contributed by atoms with Crippen LogP contribution in [0.25, 0.3) is 0 Å². The van der Waals surface area contributed by atoms with Crippen molar-refractivity contribution in [2.24, 2.45) is 0 Å². The highest BCUT2D eigenvalue weighted by Crippen LogP contribution is 2.16. The lowest BCUT2D eigenvalue weighted by molar-refractivity contribution is -0.121. The molecule has 1 rings (SSSR count). The molecule has 0 aromatic rings. The Hall–Kier alpha value is -0.610. The third-order valence-electron chi connectivity index (χ3n) is 4.25. The zero-order valence-electron chi connectivity index (χ0n) is 13.6. The summed E-state index contributed by atoms with van der Waals surface area (Å²) >= 11 is 0. The Morgan fingerprint density at radius 1 is 1.20 bits per heavy atom. The second-order valence-electron chi connectivity index (χ2n) is 6.36. The van der Waals surface area contributed by atoms with Crippen LogP contribution in [0.2, 0.25) is 0 Å². The van der Waals surface area contributed by atoms with Crippen molar-refractivity contribution >= 4 is 5.91 Å². The monoisotopic (exact) mass is 283 g/mol. The number of rotatable bonds is 8. The zero-order valence-corrected chi connectivity index (χ0v) is 13.6. The van der Waals surface area contributed by atoms with E-state index in [2.05, 4.69) is 36.4 Å². The molecule has 0 radical (unpaired) electrons. The van der Waals surface area contributed by atoms with Crippen molar-refractivity contribution in [3.63, 3.8) is 0 Å². The van der Waals surface area contributed by atoms with E-state index in [9.17, 15) is 4.79 Å². The molecule has 1 fully saturated rings. The first-order chi connectivity index (χ1) is 9.59. The van der Waals surface area contributed by atoms with Gasteiger partial charge in [-0.25, -0.2) is 0 Å². The molecule has 0 heterocycles. The Bertz CT molecular complexity index is 260. The van der Waals surface area contributed by atoms with Gasteiger partial charge < -0.3 is 15.5 Å². The summed E-state index contributed by atoms with van der Waals surface area (Å²) in [5.41, 5.74) is 0. The molecule has 1 aliphatic carbocycles. The molecule has 2 N–H and O–H groups in total. The van der Waals surface area contributed by atoms with E-state index in [0.717, 1.165) is 32.4 Å². The first-order valence-corrected chi connectivity index (χ1v) is 8.30. The van der Waals surface area contributed by atoms with Crippen molar-refractivity contribution in [3.8, 4) is 0 Å². The Kier molecular flexibility index (Phi) is 8.86. The van der Waals surface area contributed by atoms with Crippen LogP contribution in [0.4, 0.5) is 0 Å². The van der Waals surface area contributed by atoms with E-state index in [1.54, 1.807) is 0 Å². The van der Waals surface area contributed by atoms with Gasteiger partial charge in [0, 0.05) is 12.1 Å². The summed E-state index contributed by atoms with van der Waals surface area (Å²) in [5, 5.41) is 6.41. The Morgan fingerprint density at radius 2 is 1.85 bits per heavy atom. The average Bonchev–Trinajstić information content (AvgIpc) is 2.66. The molecule has 4 heteroatoms. The molecule has 1 aliphatic rings. The fourth-order valence-corrected chi connectivity index (χ4v) is 2.62. The second-order valence-corrected chi connectivity index (χ2v) is 6.36. The number of hydrogen-bond acceptors (Lipinski definition) is 3. The van der Waals surface area contributed by atoms with E-state index >= 15 is 0 Å². The van der Waals surface area contributed by atoms with Gasteiger partial charge in [-0.3, -0.25) is 4.79 Å². The minimum atomic E-state index is 0.161. The summed E-state index contributed by atoms with van der Waals surface area (Å²) in [6.45, 7) is 6.85. The van der Waals surface area contributed by atoms with E-state index in [4.69, 9.17) is 0 Å². The van der Waals surface area contributed by atoms with Crippen LogP contribution >= 0.6 is 0 Å². The lowest BCUT2D eigenvalue weighted by Gasteiger charge is -2.21. The standard InChI is InChI=1S/C16H33N3O/c1-14(2)19(3)12-8-11-17-13-16(20)18-15-9-6-4-5-7-10-15/h14-15,17H,4-13H2,1-3H3,(H,18,20). The Morgan fingerprint density at radius 3 is 2.45 bits per heavy atom. The van der Waals surface area contributed by atoms with Crippen molar-refractivity contribution in [1.29, 1.82) is 0 Å². The SMILES string of the molecule is CC(C)N(C)CCCNCC(=O)NC1CCCCCC1. The molecule has 0 aliphatic heterocycles. The lowest BCUT2D eigenvalue weighted by Crippen LogP contribution is -2.40. The summed E-state index contributed by atoms with van der Waals surface area (Å²) in [4.78, 5) is 14.2. The van der Waals surface area contributed by atoms with Crippen LogP contribution in [0, 0.1) is 0 Å². The van der Waals surface area contributed by atoms with Crippen LogP contribution in [0.5, 0.6) is 0 Å². The summed E-state index contributed by atoms with van der Waals surface area (Å²) in [6.07, 6.45) is 8.59. The molecule has 0 unspecified atom stereocenters. The highest BCUT2D eigenvalue weighted by Gasteiger charge is 2.14. The number of amides is 1. The number of hydrogen-bond donors (Lipinski definition) is 2. The number of carbonyl (C=O) groups excluding carboxylic acids is 1. The summed E-state index contributed by atoms with van der Waals surface area (Å²) in [7, 11) is 2.14. The van der Waals surface area contributed by atoms with Crippen molar-refractivity contribution in [3.05, 3.63) is 0 Å². The van der Waals surface area contributed by atoms with Gasteiger partial charge in [0.2, 0.25) is 5.91 Å². The fraction of sp³-hybridized carbons (Fsp3) is 0.938. The molecule has 4 nitrogen and oxygen atoms in total. The minimum absolute atomic E-state index is 0.161. The van der Waals surface area contributed by atoms with Crippen LogP contribution < -0.4 is 10.6 Å². The molecule has 0 bridgehead atoms. The van der Waals surface area contributed by atoms with Gasteiger partial charge in [-0.1, -0.05) is 25.7 Å². The highest BCUT2D eigenvalue weighted by molar-refractivity contribution is 5.78. The predicted octanol–water partition coefficient (Wildman–Crippen LogP) is 2.15. The summed E-state index contributed by atoms with van der Waals surface area (Å²) in [6, 6.07) is 1.01. The fourth-order valence-electron chi connectivity index (χ4n) is 2.62. The molecule has 0 aromatic heterocycles. The van der Waals surface area contributed by atoms with E-state index in [1.165, 1.54) is 25.7 Å². The molecule has 1 saturated carbocycles. The molecule has 118 valence electrons. The van der Waals surface area contributed by atoms with Crippen molar-refractivity contribution < 1.29 is 4.79 Å². The molecular formula is C16H33N3O. The smallest absolute Gasteiger partial charge is 0.234 e. The average molecular weight is 283 g/mol. The summed E-state index contributed by atoms with van der Waals surface area (Å²) < 4.78 is 0. The van der Waals surface area contributed by atoms with Crippen molar-refractivity contribution in [2.75, 3.05) is 26.7 Å². The predicted molar refractivity (Wildman–Crippen MR) is 84.9 cm³/mol. The van der Waals surface area contributed by atoms with Gasteiger partial charge in [0.15, 0.2) is 0 Å². The molecule has 1 amide bonds. The highest BCUT2D eigenvalue weighted by atomic mass is 16.1. The molecule has 0 aromatic carbocycles. The Balaban J connectivity index is 2.02. The largest absolute Gasteiger partial charge is 0.352 e. The molecule has 20 heavy (non-hydrogen) atoms. The normalized spacial score (nSPS) is 17.4.